The summed E-state index contributed by atoms with van der Waals surface area (Å²) in [5.41, 5.74) is 1.14. The molecule has 0 bridgehead atoms. The van der Waals surface area contributed by atoms with Crippen LogP contribution in [0, 0.1) is 5.92 Å². The Hall–Kier alpha value is -1.43. The van der Waals surface area contributed by atoms with E-state index in [-0.39, 0.29) is 36.2 Å². The van der Waals surface area contributed by atoms with E-state index in [4.69, 9.17) is 14.2 Å². The number of amides is 1. The average molecular weight is 345 g/mol. The molecule has 4 rings (SSSR count). The third-order valence-corrected chi connectivity index (χ3v) is 5.62. The molecule has 0 spiro atoms. The largest absolute Gasteiger partial charge is 0.370 e. The summed E-state index contributed by atoms with van der Waals surface area (Å²) in [5, 5.41) is 3.17. The van der Waals surface area contributed by atoms with Crippen LogP contribution in [-0.2, 0) is 25.6 Å². The molecule has 4 unspecified atom stereocenters. The lowest BCUT2D eigenvalue weighted by atomic mass is 9.88. The molecule has 1 N–H and O–H groups in total. The fourth-order valence-corrected chi connectivity index (χ4v) is 4.17. The molecule has 5 heteroatoms. The Balaban J connectivity index is 1.28. The molecule has 25 heavy (non-hydrogen) atoms. The van der Waals surface area contributed by atoms with Crippen molar-refractivity contribution in [2.24, 2.45) is 5.92 Å². The summed E-state index contributed by atoms with van der Waals surface area (Å²) in [7, 11) is 0. The van der Waals surface area contributed by atoms with Crippen molar-refractivity contribution in [3.63, 3.8) is 0 Å². The summed E-state index contributed by atoms with van der Waals surface area (Å²) in [4.78, 5) is 12.5. The number of fused-ring (bicyclic) bond motifs is 1. The predicted molar refractivity (Wildman–Crippen MR) is 93.0 cm³/mol. The molecule has 2 heterocycles. The maximum atomic E-state index is 12.5. The van der Waals surface area contributed by atoms with Crippen LogP contribution < -0.4 is 5.32 Å². The first kappa shape index (κ1) is 17.0. The van der Waals surface area contributed by atoms with Crippen LogP contribution >= 0.6 is 0 Å². The lowest BCUT2D eigenvalue weighted by Gasteiger charge is -2.24. The van der Waals surface area contributed by atoms with E-state index in [1.165, 1.54) is 6.42 Å². The maximum Gasteiger partial charge on any atom is 0.223 e. The summed E-state index contributed by atoms with van der Waals surface area (Å²) < 4.78 is 17.8. The van der Waals surface area contributed by atoms with Gasteiger partial charge in [-0.05, 0) is 18.4 Å². The van der Waals surface area contributed by atoms with E-state index < -0.39 is 0 Å². The zero-order valence-electron chi connectivity index (χ0n) is 14.6. The van der Waals surface area contributed by atoms with Crippen molar-refractivity contribution in [2.45, 2.75) is 63.1 Å². The van der Waals surface area contributed by atoms with Gasteiger partial charge in [-0.25, -0.2) is 0 Å². The van der Waals surface area contributed by atoms with Crippen LogP contribution in [-0.4, -0.2) is 43.5 Å². The van der Waals surface area contributed by atoms with Gasteiger partial charge in [0.2, 0.25) is 5.91 Å². The molecule has 2 aliphatic heterocycles. The van der Waals surface area contributed by atoms with Crippen LogP contribution in [0.2, 0.25) is 0 Å². The van der Waals surface area contributed by atoms with Crippen LogP contribution in [0.4, 0.5) is 0 Å². The molecule has 136 valence electrons. The van der Waals surface area contributed by atoms with Crippen molar-refractivity contribution < 1.29 is 19.0 Å². The zero-order valence-corrected chi connectivity index (χ0v) is 14.6. The second-order valence-corrected chi connectivity index (χ2v) is 7.38. The highest BCUT2D eigenvalue weighted by atomic mass is 16.6. The minimum absolute atomic E-state index is 0.0512. The SMILES string of the molecule is O=C(NC1COC2C(OCc3ccccc3)COC12)C1CCCCC1. The topological polar surface area (TPSA) is 56.8 Å². The van der Waals surface area contributed by atoms with Gasteiger partial charge in [0.15, 0.2) is 0 Å². The van der Waals surface area contributed by atoms with Gasteiger partial charge in [0.25, 0.3) is 0 Å². The molecule has 0 aromatic heterocycles. The number of ether oxygens (including phenoxy) is 3. The third-order valence-electron chi connectivity index (χ3n) is 5.62. The molecule has 1 aliphatic carbocycles. The second-order valence-electron chi connectivity index (χ2n) is 7.38. The van der Waals surface area contributed by atoms with Crippen molar-refractivity contribution in [2.75, 3.05) is 13.2 Å². The van der Waals surface area contributed by atoms with Crippen LogP contribution in [0.25, 0.3) is 0 Å². The van der Waals surface area contributed by atoms with Crippen LogP contribution in [0.3, 0.4) is 0 Å². The van der Waals surface area contributed by atoms with Crippen LogP contribution in [0.15, 0.2) is 30.3 Å². The van der Waals surface area contributed by atoms with Crippen molar-refractivity contribution >= 4 is 5.91 Å². The minimum Gasteiger partial charge on any atom is -0.370 e. The minimum atomic E-state index is -0.0895. The van der Waals surface area contributed by atoms with Gasteiger partial charge in [-0.2, -0.15) is 0 Å². The van der Waals surface area contributed by atoms with E-state index in [9.17, 15) is 4.79 Å². The fraction of sp³-hybridized carbons (Fsp3) is 0.650. The van der Waals surface area contributed by atoms with Gasteiger partial charge < -0.3 is 19.5 Å². The highest BCUT2D eigenvalue weighted by molar-refractivity contribution is 5.79. The monoisotopic (exact) mass is 345 g/mol. The van der Waals surface area contributed by atoms with Gasteiger partial charge in [-0.1, -0.05) is 49.6 Å². The molecular weight excluding hydrogens is 318 g/mol. The van der Waals surface area contributed by atoms with Crippen molar-refractivity contribution in [1.82, 2.24) is 5.32 Å². The molecule has 2 saturated heterocycles. The van der Waals surface area contributed by atoms with E-state index in [0.717, 1.165) is 31.2 Å². The van der Waals surface area contributed by atoms with E-state index >= 15 is 0 Å². The molecule has 3 fully saturated rings. The molecule has 1 aromatic carbocycles. The third kappa shape index (κ3) is 3.89. The molecule has 1 amide bonds. The number of carbonyl (C=O) groups excluding carboxylic acids is 1. The van der Waals surface area contributed by atoms with E-state index in [1.54, 1.807) is 0 Å². The van der Waals surface area contributed by atoms with Crippen LogP contribution in [0.5, 0.6) is 0 Å². The predicted octanol–water partition coefficient (Wildman–Crippen LogP) is 2.43. The van der Waals surface area contributed by atoms with Gasteiger partial charge in [0.05, 0.1) is 25.9 Å². The standard InChI is InChI=1S/C20H27NO4/c22-20(15-9-5-2-6-10-15)21-16-12-24-19-17(13-25-18(16)19)23-11-14-7-3-1-4-8-14/h1,3-4,7-8,15-19H,2,5-6,9-13H2,(H,21,22). The van der Waals surface area contributed by atoms with E-state index in [1.807, 2.05) is 18.2 Å². The number of carbonyl (C=O) groups is 1. The molecule has 1 saturated carbocycles. The molecular formula is C20H27NO4. The first-order valence-corrected chi connectivity index (χ1v) is 9.50. The first-order chi connectivity index (χ1) is 12.3. The number of nitrogens with one attached hydrogen (secondary N) is 1. The highest BCUT2D eigenvalue weighted by Gasteiger charge is 2.49. The second kappa shape index (κ2) is 7.85. The van der Waals surface area contributed by atoms with Gasteiger partial charge >= 0.3 is 0 Å². The average Bonchev–Trinajstić information content (AvgIpc) is 3.25. The Morgan fingerprint density at radius 1 is 1.04 bits per heavy atom. The summed E-state index contributed by atoms with van der Waals surface area (Å²) in [6.07, 6.45) is 5.36. The zero-order chi connectivity index (χ0) is 17.1. The summed E-state index contributed by atoms with van der Waals surface area (Å²) in [5.74, 6) is 0.338. The smallest absolute Gasteiger partial charge is 0.223 e. The van der Waals surface area contributed by atoms with E-state index in [0.29, 0.717) is 19.8 Å². The molecule has 1 aromatic rings. The lowest BCUT2D eigenvalue weighted by Crippen LogP contribution is -2.46. The molecule has 0 radical (unpaired) electrons. The van der Waals surface area contributed by atoms with Crippen molar-refractivity contribution in [1.29, 1.82) is 0 Å². The number of rotatable bonds is 5. The Kier molecular flexibility index (Phi) is 5.34. The van der Waals surface area contributed by atoms with Gasteiger partial charge in [0.1, 0.15) is 18.3 Å². The first-order valence-electron chi connectivity index (χ1n) is 9.50. The van der Waals surface area contributed by atoms with Crippen LogP contribution in [0.1, 0.15) is 37.7 Å². The van der Waals surface area contributed by atoms with Gasteiger partial charge in [-0.15, -0.1) is 0 Å². The highest BCUT2D eigenvalue weighted by Crippen LogP contribution is 2.30. The molecule has 5 nitrogen and oxygen atoms in total. The molecule has 3 aliphatic rings. The lowest BCUT2D eigenvalue weighted by molar-refractivity contribution is -0.127. The number of benzene rings is 1. The summed E-state index contributed by atoms with van der Waals surface area (Å²) in [6, 6.07) is 10.1. The Bertz CT molecular complexity index is 572. The van der Waals surface area contributed by atoms with E-state index in [2.05, 4.69) is 17.4 Å². The van der Waals surface area contributed by atoms with Crippen molar-refractivity contribution in [3.05, 3.63) is 35.9 Å². The summed E-state index contributed by atoms with van der Waals surface area (Å²) in [6.45, 7) is 1.59. The van der Waals surface area contributed by atoms with Crippen molar-refractivity contribution in [3.8, 4) is 0 Å². The van der Waals surface area contributed by atoms with Gasteiger partial charge in [0, 0.05) is 5.92 Å². The quantitative estimate of drug-likeness (QED) is 0.890. The normalized spacial score (nSPS) is 32.5. The fourth-order valence-electron chi connectivity index (χ4n) is 4.17. The maximum absolute atomic E-state index is 12.5. The Morgan fingerprint density at radius 3 is 2.60 bits per heavy atom. The Labute approximate surface area is 149 Å². The number of hydrogen-bond acceptors (Lipinski definition) is 4. The molecule has 4 atom stereocenters. The Morgan fingerprint density at radius 2 is 1.80 bits per heavy atom. The number of hydrogen-bond donors (Lipinski definition) is 1. The van der Waals surface area contributed by atoms with Gasteiger partial charge in [-0.3, -0.25) is 4.79 Å². The summed E-state index contributed by atoms with van der Waals surface area (Å²) >= 11 is 0.